The van der Waals surface area contributed by atoms with Crippen LogP contribution in [0.15, 0.2) is 54.7 Å². The summed E-state index contributed by atoms with van der Waals surface area (Å²) in [6.07, 6.45) is 1.57. The van der Waals surface area contributed by atoms with E-state index in [0.29, 0.717) is 22.3 Å². The maximum atomic E-state index is 13.2. The lowest BCUT2D eigenvalue weighted by molar-refractivity contribution is 0.102. The van der Waals surface area contributed by atoms with Gasteiger partial charge in [-0.15, -0.1) is 0 Å². The first kappa shape index (κ1) is 18.7. The van der Waals surface area contributed by atoms with Gasteiger partial charge in [-0.1, -0.05) is 17.7 Å². The highest BCUT2D eigenvalue weighted by Crippen LogP contribution is 2.33. The van der Waals surface area contributed by atoms with Crippen molar-refractivity contribution in [3.63, 3.8) is 0 Å². The molecule has 0 aliphatic carbocycles. The molecule has 0 fully saturated rings. The van der Waals surface area contributed by atoms with Crippen LogP contribution >= 0.6 is 11.6 Å². The number of ether oxygens (including phenoxy) is 1. The highest BCUT2D eigenvalue weighted by molar-refractivity contribution is 6.31. The number of rotatable bonds is 5. The number of halogens is 2. The Balaban J connectivity index is 1.72. The molecule has 5 nitrogen and oxygen atoms in total. The number of aryl methyl sites for hydroxylation is 1. The van der Waals surface area contributed by atoms with Gasteiger partial charge in [-0.2, -0.15) is 0 Å². The van der Waals surface area contributed by atoms with Crippen LogP contribution in [0.5, 0.6) is 5.75 Å². The molecular weight excluding hydrogens is 369 g/mol. The van der Waals surface area contributed by atoms with Gasteiger partial charge in [-0.3, -0.25) is 4.79 Å². The number of nitrogens with zero attached hydrogens (tertiary/aromatic N) is 1. The normalized spacial score (nSPS) is 10.4. The molecule has 2 N–H and O–H groups in total. The van der Waals surface area contributed by atoms with E-state index in [2.05, 4.69) is 15.6 Å². The van der Waals surface area contributed by atoms with Crippen molar-refractivity contribution in [1.82, 2.24) is 4.98 Å². The number of nitrogens with one attached hydrogen (secondary N) is 2. The second-order valence-corrected chi connectivity index (χ2v) is 6.23. The van der Waals surface area contributed by atoms with E-state index in [4.69, 9.17) is 16.3 Å². The number of carbonyl (C=O) groups is 1. The summed E-state index contributed by atoms with van der Waals surface area (Å²) in [6.45, 7) is 1.90. The first-order valence-corrected chi connectivity index (χ1v) is 8.48. The molecule has 3 aromatic rings. The maximum Gasteiger partial charge on any atom is 0.256 e. The summed E-state index contributed by atoms with van der Waals surface area (Å²) < 4.78 is 18.6. The number of hydrogen-bond acceptors (Lipinski definition) is 4. The van der Waals surface area contributed by atoms with Gasteiger partial charge < -0.3 is 15.4 Å². The Morgan fingerprint density at radius 2 is 2.00 bits per heavy atom. The average Bonchev–Trinajstić information content (AvgIpc) is 2.66. The van der Waals surface area contributed by atoms with Crippen LogP contribution in [0.4, 0.5) is 21.6 Å². The summed E-state index contributed by atoms with van der Waals surface area (Å²) in [5.74, 6) is 0.0585. The second kappa shape index (κ2) is 8.05. The fraction of sp³-hybridized carbons (Fsp3) is 0.100. The van der Waals surface area contributed by atoms with Crippen molar-refractivity contribution in [2.45, 2.75) is 6.92 Å². The van der Waals surface area contributed by atoms with E-state index in [1.165, 1.54) is 24.3 Å². The largest absolute Gasteiger partial charge is 0.495 e. The van der Waals surface area contributed by atoms with Crippen LogP contribution < -0.4 is 15.4 Å². The molecule has 3 rings (SSSR count). The van der Waals surface area contributed by atoms with Crippen LogP contribution in [-0.4, -0.2) is 18.0 Å². The summed E-state index contributed by atoms with van der Waals surface area (Å²) >= 11 is 6.11. The summed E-state index contributed by atoms with van der Waals surface area (Å²) in [4.78, 5) is 16.3. The second-order valence-electron chi connectivity index (χ2n) is 5.82. The van der Waals surface area contributed by atoms with Gasteiger partial charge in [0.2, 0.25) is 0 Å². The quantitative estimate of drug-likeness (QED) is 0.634. The molecule has 0 aliphatic heterocycles. The number of pyridine rings is 1. The summed E-state index contributed by atoms with van der Waals surface area (Å²) in [7, 11) is 1.56. The summed E-state index contributed by atoms with van der Waals surface area (Å²) in [5, 5.41) is 6.45. The molecule has 138 valence electrons. The molecule has 0 unspecified atom stereocenters. The zero-order valence-corrected chi connectivity index (χ0v) is 15.5. The number of hydrogen-bond donors (Lipinski definition) is 2. The van der Waals surface area contributed by atoms with Crippen molar-refractivity contribution < 1.29 is 13.9 Å². The SMILES string of the molecule is COc1cc(Cl)c(C)cc1Nc1ccc(NC(=O)c2cccc(F)c2)nc1. The van der Waals surface area contributed by atoms with Crippen LogP contribution in [0.25, 0.3) is 0 Å². The molecule has 1 amide bonds. The fourth-order valence-corrected chi connectivity index (χ4v) is 2.60. The molecule has 0 aliphatic rings. The lowest BCUT2D eigenvalue weighted by Crippen LogP contribution is -2.13. The number of carbonyl (C=O) groups excluding carboxylic acids is 1. The van der Waals surface area contributed by atoms with Crippen molar-refractivity contribution in [1.29, 1.82) is 0 Å². The standard InChI is InChI=1S/C20H17ClFN3O2/c1-12-8-17(18(27-2)10-16(12)21)24-15-6-7-19(23-11-15)25-20(26)13-4-3-5-14(22)9-13/h3-11,24H,1-2H3,(H,23,25,26). The number of methoxy groups -OCH3 is 1. The number of amides is 1. The summed E-state index contributed by atoms with van der Waals surface area (Å²) in [5.41, 5.74) is 2.59. The highest BCUT2D eigenvalue weighted by Gasteiger charge is 2.10. The van der Waals surface area contributed by atoms with Crippen molar-refractivity contribution in [3.8, 4) is 5.75 Å². The third kappa shape index (κ3) is 4.54. The lowest BCUT2D eigenvalue weighted by Gasteiger charge is -2.13. The minimum absolute atomic E-state index is 0.223. The van der Waals surface area contributed by atoms with Gasteiger partial charge >= 0.3 is 0 Å². The lowest BCUT2D eigenvalue weighted by atomic mass is 10.2. The number of anilines is 3. The van der Waals surface area contributed by atoms with Crippen molar-refractivity contribution in [3.05, 3.63) is 76.7 Å². The van der Waals surface area contributed by atoms with Crippen molar-refractivity contribution in [2.24, 2.45) is 0 Å². The van der Waals surface area contributed by atoms with Crippen LogP contribution in [0.2, 0.25) is 5.02 Å². The Labute approximate surface area is 161 Å². The highest BCUT2D eigenvalue weighted by atomic mass is 35.5. The van der Waals surface area contributed by atoms with Crippen LogP contribution in [-0.2, 0) is 0 Å². The predicted molar refractivity (Wildman–Crippen MR) is 105 cm³/mol. The molecule has 1 aromatic heterocycles. The van der Waals surface area contributed by atoms with Gasteiger partial charge in [0.05, 0.1) is 24.7 Å². The third-order valence-electron chi connectivity index (χ3n) is 3.85. The zero-order valence-electron chi connectivity index (χ0n) is 14.7. The third-order valence-corrected chi connectivity index (χ3v) is 4.26. The molecule has 7 heteroatoms. The number of benzene rings is 2. The molecule has 0 saturated carbocycles. The van der Waals surface area contributed by atoms with E-state index in [1.54, 1.807) is 31.5 Å². The topological polar surface area (TPSA) is 63.2 Å². The van der Waals surface area contributed by atoms with Gasteiger partial charge in [-0.05, 0) is 48.9 Å². The molecule has 0 atom stereocenters. The Kier molecular flexibility index (Phi) is 5.57. The smallest absolute Gasteiger partial charge is 0.256 e. The monoisotopic (exact) mass is 385 g/mol. The molecule has 0 radical (unpaired) electrons. The zero-order chi connectivity index (χ0) is 19.4. The molecule has 2 aromatic carbocycles. The Bertz CT molecular complexity index is 977. The molecule has 27 heavy (non-hydrogen) atoms. The fourth-order valence-electron chi connectivity index (χ4n) is 2.45. The number of aromatic nitrogens is 1. The first-order valence-electron chi connectivity index (χ1n) is 8.10. The van der Waals surface area contributed by atoms with E-state index in [9.17, 15) is 9.18 Å². The first-order chi connectivity index (χ1) is 13.0. The van der Waals surface area contributed by atoms with Crippen molar-refractivity contribution in [2.75, 3.05) is 17.7 Å². The van der Waals surface area contributed by atoms with E-state index >= 15 is 0 Å². The molecule has 0 saturated heterocycles. The van der Waals surface area contributed by atoms with Crippen LogP contribution in [0, 0.1) is 12.7 Å². The maximum absolute atomic E-state index is 13.2. The molecule has 0 spiro atoms. The van der Waals surface area contributed by atoms with E-state index in [0.717, 1.165) is 11.3 Å². The van der Waals surface area contributed by atoms with Gasteiger partial charge in [0.15, 0.2) is 0 Å². The van der Waals surface area contributed by atoms with Crippen molar-refractivity contribution >= 4 is 34.7 Å². The van der Waals surface area contributed by atoms with Gasteiger partial charge in [0.1, 0.15) is 17.4 Å². The van der Waals surface area contributed by atoms with E-state index in [1.807, 2.05) is 13.0 Å². The van der Waals surface area contributed by atoms with Crippen LogP contribution in [0.3, 0.4) is 0 Å². The Morgan fingerprint density at radius 3 is 2.67 bits per heavy atom. The van der Waals surface area contributed by atoms with Gasteiger partial charge in [0, 0.05) is 16.7 Å². The molecular formula is C20H17ClFN3O2. The Hall–Kier alpha value is -3.12. The summed E-state index contributed by atoms with van der Waals surface area (Å²) in [6, 6.07) is 12.5. The Morgan fingerprint density at radius 1 is 1.19 bits per heavy atom. The minimum Gasteiger partial charge on any atom is -0.495 e. The van der Waals surface area contributed by atoms with Crippen LogP contribution in [0.1, 0.15) is 15.9 Å². The molecule has 1 heterocycles. The van der Waals surface area contributed by atoms with Gasteiger partial charge in [0.25, 0.3) is 5.91 Å². The molecule has 0 bridgehead atoms. The van der Waals surface area contributed by atoms with Gasteiger partial charge in [-0.25, -0.2) is 9.37 Å². The predicted octanol–water partition coefficient (Wildman–Crippen LogP) is 5.19. The minimum atomic E-state index is -0.470. The van der Waals surface area contributed by atoms with E-state index in [-0.39, 0.29) is 5.56 Å². The average molecular weight is 386 g/mol. The van der Waals surface area contributed by atoms with E-state index < -0.39 is 11.7 Å².